The van der Waals surface area contributed by atoms with Gasteiger partial charge in [-0.1, -0.05) is 12.1 Å². The maximum Gasteiger partial charge on any atom is 0.255 e. The lowest BCUT2D eigenvalue weighted by Gasteiger charge is -2.36. The highest BCUT2D eigenvalue weighted by Crippen LogP contribution is 2.24. The molecule has 0 radical (unpaired) electrons. The molecule has 0 bridgehead atoms. The van der Waals surface area contributed by atoms with Crippen LogP contribution in [0.1, 0.15) is 34.5 Å². The first-order chi connectivity index (χ1) is 13.5. The molecule has 2 saturated heterocycles. The van der Waals surface area contributed by atoms with Gasteiger partial charge >= 0.3 is 0 Å². The maximum atomic E-state index is 13.2. The largest absolute Gasteiger partial charge is 0.378 e. The van der Waals surface area contributed by atoms with Gasteiger partial charge in [-0.05, 0) is 44.4 Å². The van der Waals surface area contributed by atoms with Crippen molar-refractivity contribution in [3.8, 4) is 0 Å². The number of aromatic nitrogens is 1. The third-order valence-corrected chi connectivity index (χ3v) is 5.77. The summed E-state index contributed by atoms with van der Waals surface area (Å²) in [6.45, 7) is 7.60. The van der Waals surface area contributed by atoms with E-state index in [-0.39, 0.29) is 17.7 Å². The van der Waals surface area contributed by atoms with Crippen LogP contribution >= 0.6 is 0 Å². The fraction of sp³-hybridized carbons (Fsp3) is 0.500. The SMILES string of the molecule is Cc1ccc2cc(C(=O)N3CCCC(C(=O)N4CCOCC4)C3)c(C)nc2c1. The average Bonchev–Trinajstić information content (AvgIpc) is 2.73. The molecule has 2 aliphatic heterocycles. The first-order valence-corrected chi connectivity index (χ1v) is 10.1. The molecule has 0 aliphatic carbocycles. The number of nitrogens with zero attached hydrogens (tertiary/aromatic N) is 3. The van der Waals surface area contributed by atoms with Crippen molar-refractivity contribution in [3.63, 3.8) is 0 Å². The lowest BCUT2D eigenvalue weighted by atomic mass is 9.95. The number of fused-ring (bicyclic) bond motifs is 1. The first kappa shape index (κ1) is 18.9. The number of pyridine rings is 1. The van der Waals surface area contributed by atoms with E-state index in [0.717, 1.165) is 35.0 Å². The predicted octanol–water partition coefficient (Wildman–Crippen LogP) is 2.56. The molecule has 2 aliphatic rings. The van der Waals surface area contributed by atoms with E-state index in [4.69, 9.17) is 4.74 Å². The number of benzene rings is 1. The molecule has 4 rings (SSSR count). The van der Waals surface area contributed by atoms with Crippen LogP contribution in [0.2, 0.25) is 0 Å². The highest BCUT2D eigenvalue weighted by molar-refractivity contribution is 5.99. The van der Waals surface area contributed by atoms with Crippen molar-refractivity contribution >= 4 is 22.7 Å². The first-order valence-electron chi connectivity index (χ1n) is 10.1. The lowest BCUT2D eigenvalue weighted by molar-refractivity contribution is -0.141. The van der Waals surface area contributed by atoms with Crippen molar-refractivity contribution in [1.82, 2.24) is 14.8 Å². The molecule has 1 aromatic heterocycles. The number of aryl methyl sites for hydroxylation is 2. The summed E-state index contributed by atoms with van der Waals surface area (Å²) < 4.78 is 5.34. The second-order valence-electron chi connectivity index (χ2n) is 7.85. The Morgan fingerprint density at radius 2 is 1.86 bits per heavy atom. The van der Waals surface area contributed by atoms with Gasteiger partial charge in [-0.25, -0.2) is 0 Å². The van der Waals surface area contributed by atoms with E-state index in [9.17, 15) is 9.59 Å². The smallest absolute Gasteiger partial charge is 0.255 e. The molecule has 28 heavy (non-hydrogen) atoms. The van der Waals surface area contributed by atoms with Gasteiger partial charge in [0.2, 0.25) is 5.91 Å². The van der Waals surface area contributed by atoms with Crippen LogP contribution < -0.4 is 0 Å². The van der Waals surface area contributed by atoms with Gasteiger partial charge < -0.3 is 14.5 Å². The zero-order chi connectivity index (χ0) is 19.7. The molecule has 3 heterocycles. The summed E-state index contributed by atoms with van der Waals surface area (Å²) in [7, 11) is 0. The summed E-state index contributed by atoms with van der Waals surface area (Å²) in [5, 5.41) is 0.970. The fourth-order valence-electron chi connectivity index (χ4n) is 4.17. The Labute approximate surface area is 165 Å². The number of ether oxygens (including phenoxy) is 1. The van der Waals surface area contributed by atoms with Gasteiger partial charge in [-0.15, -0.1) is 0 Å². The number of amides is 2. The van der Waals surface area contributed by atoms with Gasteiger partial charge in [-0.2, -0.15) is 0 Å². The number of carbonyl (C=O) groups is 2. The molecule has 6 heteroatoms. The summed E-state index contributed by atoms with van der Waals surface area (Å²) in [6.07, 6.45) is 1.69. The number of likely N-dealkylation sites (tertiary alicyclic amines) is 1. The van der Waals surface area contributed by atoms with E-state index in [1.807, 2.05) is 47.9 Å². The number of piperidine rings is 1. The Hall–Kier alpha value is -2.47. The molecule has 0 N–H and O–H groups in total. The van der Waals surface area contributed by atoms with Crippen molar-refractivity contribution in [2.24, 2.45) is 5.92 Å². The molecule has 6 nitrogen and oxygen atoms in total. The van der Waals surface area contributed by atoms with Crippen molar-refractivity contribution in [2.75, 3.05) is 39.4 Å². The van der Waals surface area contributed by atoms with Crippen LogP contribution in [0.4, 0.5) is 0 Å². The zero-order valence-electron chi connectivity index (χ0n) is 16.6. The van der Waals surface area contributed by atoms with Crippen LogP contribution in [0.15, 0.2) is 24.3 Å². The quantitative estimate of drug-likeness (QED) is 0.802. The third kappa shape index (κ3) is 3.74. The van der Waals surface area contributed by atoms with Gasteiger partial charge in [-0.3, -0.25) is 14.6 Å². The molecule has 1 atom stereocenters. The highest BCUT2D eigenvalue weighted by atomic mass is 16.5. The normalized spacial score (nSPS) is 20.4. The van der Waals surface area contributed by atoms with E-state index < -0.39 is 0 Å². The Morgan fingerprint density at radius 1 is 1.07 bits per heavy atom. The minimum atomic E-state index is -0.118. The Balaban J connectivity index is 1.52. The van der Waals surface area contributed by atoms with E-state index in [1.54, 1.807) is 0 Å². The molecule has 0 saturated carbocycles. The second-order valence-corrected chi connectivity index (χ2v) is 7.85. The summed E-state index contributed by atoms with van der Waals surface area (Å²) >= 11 is 0. The van der Waals surface area contributed by atoms with Crippen molar-refractivity contribution in [1.29, 1.82) is 0 Å². The standard InChI is InChI=1S/C22H27N3O3/c1-15-5-6-17-13-19(16(2)23-20(17)12-15)22(27)25-7-3-4-18(14-25)21(26)24-8-10-28-11-9-24/h5-6,12-13,18H,3-4,7-11,14H2,1-2H3. The van der Waals surface area contributed by atoms with Gasteiger partial charge in [0.1, 0.15) is 0 Å². The minimum absolute atomic E-state index is 0.0213. The van der Waals surface area contributed by atoms with Crippen LogP contribution in [0.3, 0.4) is 0 Å². The molecule has 2 aromatic rings. The van der Waals surface area contributed by atoms with Gasteiger partial charge in [0.05, 0.1) is 35.9 Å². The van der Waals surface area contributed by atoms with E-state index >= 15 is 0 Å². The van der Waals surface area contributed by atoms with E-state index in [2.05, 4.69) is 4.98 Å². The summed E-state index contributed by atoms with van der Waals surface area (Å²) in [5.74, 6) is 0.0174. The topological polar surface area (TPSA) is 62.7 Å². The summed E-state index contributed by atoms with van der Waals surface area (Å²) in [4.78, 5) is 34.4. The Bertz CT molecular complexity index is 905. The van der Waals surface area contributed by atoms with Crippen molar-refractivity contribution in [3.05, 3.63) is 41.1 Å². The molecule has 2 amide bonds. The Kier molecular flexibility index (Phi) is 5.31. The highest BCUT2D eigenvalue weighted by Gasteiger charge is 2.32. The van der Waals surface area contributed by atoms with Gasteiger partial charge in [0, 0.05) is 31.6 Å². The van der Waals surface area contributed by atoms with Crippen molar-refractivity contribution < 1.29 is 14.3 Å². The average molecular weight is 381 g/mol. The summed E-state index contributed by atoms with van der Waals surface area (Å²) in [6, 6.07) is 8.02. The predicted molar refractivity (Wildman–Crippen MR) is 107 cm³/mol. The molecule has 1 aromatic carbocycles. The molecule has 0 spiro atoms. The number of morpholine rings is 1. The zero-order valence-corrected chi connectivity index (χ0v) is 16.6. The summed E-state index contributed by atoms with van der Waals surface area (Å²) in [5.41, 5.74) is 3.44. The van der Waals surface area contributed by atoms with Gasteiger partial charge in [0.15, 0.2) is 0 Å². The number of hydrogen-bond donors (Lipinski definition) is 0. The van der Waals surface area contributed by atoms with E-state index in [1.165, 1.54) is 0 Å². The number of rotatable bonds is 2. The van der Waals surface area contributed by atoms with Crippen LogP contribution in [0, 0.1) is 19.8 Å². The number of hydrogen-bond acceptors (Lipinski definition) is 4. The second kappa shape index (κ2) is 7.87. The third-order valence-electron chi connectivity index (χ3n) is 5.77. The lowest BCUT2D eigenvalue weighted by Crippen LogP contribution is -2.49. The Morgan fingerprint density at radius 3 is 2.64 bits per heavy atom. The van der Waals surface area contributed by atoms with Gasteiger partial charge in [0.25, 0.3) is 5.91 Å². The van der Waals surface area contributed by atoms with Crippen molar-refractivity contribution in [2.45, 2.75) is 26.7 Å². The minimum Gasteiger partial charge on any atom is -0.378 e. The maximum absolute atomic E-state index is 13.2. The van der Waals surface area contributed by atoms with E-state index in [0.29, 0.717) is 45.0 Å². The molecular formula is C22H27N3O3. The van der Waals surface area contributed by atoms with Crippen LogP contribution in [0.25, 0.3) is 10.9 Å². The molecule has 148 valence electrons. The molecule has 2 fully saturated rings. The van der Waals surface area contributed by atoms with Crippen LogP contribution in [-0.4, -0.2) is 66.0 Å². The van der Waals surface area contributed by atoms with Crippen LogP contribution in [0.5, 0.6) is 0 Å². The molecule has 1 unspecified atom stereocenters. The molecular weight excluding hydrogens is 354 g/mol. The number of carbonyl (C=O) groups excluding carboxylic acids is 2. The monoisotopic (exact) mass is 381 g/mol. The van der Waals surface area contributed by atoms with Crippen LogP contribution in [-0.2, 0) is 9.53 Å². The fourth-order valence-corrected chi connectivity index (χ4v) is 4.17.